The molecule has 0 aliphatic rings. The third kappa shape index (κ3) is 3.83. The predicted octanol–water partition coefficient (Wildman–Crippen LogP) is 0.998. The lowest BCUT2D eigenvalue weighted by molar-refractivity contribution is -0.121. The minimum absolute atomic E-state index is 0.0704. The standard InChI is InChI=1S/C10H16ClN3O2/c1-8-9(11)6-13-14(8)7-10(15)12-4-3-5-16-2/h6H,3-5,7H2,1-2H3,(H,12,15). The predicted molar refractivity (Wildman–Crippen MR) is 61.5 cm³/mol. The van der Waals surface area contributed by atoms with Crippen LogP contribution in [0.15, 0.2) is 6.20 Å². The van der Waals surface area contributed by atoms with E-state index in [1.165, 1.54) is 6.20 Å². The summed E-state index contributed by atoms with van der Waals surface area (Å²) < 4.78 is 6.46. The van der Waals surface area contributed by atoms with Crippen molar-refractivity contribution >= 4 is 17.5 Å². The summed E-state index contributed by atoms with van der Waals surface area (Å²) in [7, 11) is 1.64. The molecule has 0 aliphatic carbocycles. The van der Waals surface area contributed by atoms with Crippen molar-refractivity contribution in [2.24, 2.45) is 0 Å². The second kappa shape index (κ2) is 6.50. The molecule has 1 rings (SSSR count). The van der Waals surface area contributed by atoms with Crippen LogP contribution in [-0.2, 0) is 16.1 Å². The van der Waals surface area contributed by atoms with Gasteiger partial charge in [0.05, 0.1) is 16.9 Å². The van der Waals surface area contributed by atoms with Crippen LogP contribution in [0.5, 0.6) is 0 Å². The van der Waals surface area contributed by atoms with E-state index in [0.717, 1.165) is 12.1 Å². The van der Waals surface area contributed by atoms with Crippen molar-refractivity contribution in [1.82, 2.24) is 15.1 Å². The molecule has 0 fully saturated rings. The molecule has 0 aromatic carbocycles. The zero-order valence-corrected chi connectivity index (χ0v) is 10.3. The average molecular weight is 246 g/mol. The first-order valence-corrected chi connectivity index (χ1v) is 5.46. The lowest BCUT2D eigenvalue weighted by Gasteiger charge is -2.06. The van der Waals surface area contributed by atoms with Crippen LogP contribution < -0.4 is 5.32 Å². The van der Waals surface area contributed by atoms with Gasteiger partial charge in [0, 0.05) is 20.3 Å². The molecule has 16 heavy (non-hydrogen) atoms. The zero-order valence-electron chi connectivity index (χ0n) is 9.49. The van der Waals surface area contributed by atoms with E-state index in [4.69, 9.17) is 16.3 Å². The molecule has 1 heterocycles. The van der Waals surface area contributed by atoms with Gasteiger partial charge in [0.15, 0.2) is 0 Å². The highest BCUT2D eigenvalue weighted by Gasteiger charge is 2.07. The number of ether oxygens (including phenoxy) is 1. The van der Waals surface area contributed by atoms with Crippen molar-refractivity contribution in [3.05, 3.63) is 16.9 Å². The van der Waals surface area contributed by atoms with Crippen molar-refractivity contribution in [3.8, 4) is 0 Å². The van der Waals surface area contributed by atoms with Gasteiger partial charge in [-0.1, -0.05) is 11.6 Å². The smallest absolute Gasteiger partial charge is 0.241 e. The summed E-state index contributed by atoms with van der Waals surface area (Å²) in [6, 6.07) is 0. The van der Waals surface area contributed by atoms with Crippen molar-refractivity contribution in [3.63, 3.8) is 0 Å². The molecule has 0 aliphatic heterocycles. The number of hydrogen-bond acceptors (Lipinski definition) is 3. The number of rotatable bonds is 6. The highest BCUT2D eigenvalue weighted by molar-refractivity contribution is 6.31. The summed E-state index contributed by atoms with van der Waals surface area (Å²) in [6.45, 7) is 3.28. The van der Waals surface area contributed by atoms with E-state index in [-0.39, 0.29) is 12.5 Å². The number of aromatic nitrogens is 2. The van der Waals surface area contributed by atoms with Crippen molar-refractivity contribution < 1.29 is 9.53 Å². The van der Waals surface area contributed by atoms with Gasteiger partial charge in [-0.2, -0.15) is 5.10 Å². The Morgan fingerprint density at radius 3 is 3.00 bits per heavy atom. The molecule has 1 aromatic heterocycles. The van der Waals surface area contributed by atoms with Crippen LogP contribution in [0, 0.1) is 6.92 Å². The molecule has 6 heteroatoms. The first-order valence-electron chi connectivity index (χ1n) is 5.08. The van der Waals surface area contributed by atoms with Gasteiger partial charge in [-0.15, -0.1) is 0 Å². The molecule has 0 atom stereocenters. The largest absolute Gasteiger partial charge is 0.385 e. The fraction of sp³-hybridized carbons (Fsp3) is 0.600. The Hall–Kier alpha value is -1.07. The van der Waals surface area contributed by atoms with E-state index in [1.807, 2.05) is 6.92 Å². The Balaban J connectivity index is 2.31. The average Bonchev–Trinajstić information content (AvgIpc) is 2.56. The summed E-state index contributed by atoms with van der Waals surface area (Å²) in [6.07, 6.45) is 2.34. The molecule has 1 aromatic rings. The summed E-state index contributed by atoms with van der Waals surface area (Å²) in [5.74, 6) is -0.0704. The normalized spacial score (nSPS) is 10.4. The molecule has 90 valence electrons. The van der Waals surface area contributed by atoms with E-state index >= 15 is 0 Å². The highest BCUT2D eigenvalue weighted by Crippen LogP contribution is 2.12. The quantitative estimate of drug-likeness (QED) is 0.761. The number of amides is 1. The highest BCUT2D eigenvalue weighted by atomic mass is 35.5. The second-order valence-corrected chi connectivity index (χ2v) is 3.84. The van der Waals surface area contributed by atoms with Gasteiger partial charge in [0.1, 0.15) is 6.54 Å². The molecular formula is C10H16ClN3O2. The van der Waals surface area contributed by atoms with Crippen molar-refractivity contribution in [2.45, 2.75) is 19.9 Å². The van der Waals surface area contributed by atoms with Gasteiger partial charge < -0.3 is 10.1 Å². The zero-order chi connectivity index (χ0) is 12.0. The Morgan fingerprint density at radius 1 is 1.69 bits per heavy atom. The fourth-order valence-electron chi connectivity index (χ4n) is 1.22. The van der Waals surface area contributed by atoms with Gasteiger partial charge in [0.2, 0.25) is 5.91 Å². The van der Waals surface area contributed by atoms with Gasteiger partial charge in [-0.3, -0.25) is 9.48 Å². The first kappa shape index (κ1) is 13.0. The maximum absolute atomic E-state index is 11.5. The van der Waals surface area contributed by atoms with Crippen LogP contribution in [0.4, 0.5) is 0 Å². The maximum atomic E-state index is 11.5. The molecule has 5 nitrogen and oxygen atoms in total. The number of nitrogens with one attached hydrogen (secondary N) is 1. The van der Waals surface area contributed by atoms with E-state index in [2.05, 4.69) is 10.4 Å². The molecule has 0 unspecified atom stereocenters. The van der Waals surface area contributed by atoms with Crippen molar-refractivity contribution in [2.75, 3.05) is 20.3 Å². The Labute approximate surface area is 99.7 Å². The van der Waals surface area contributed by atoms with Crippen LogP contribution in [0.25, 0.3) is 0 Å². The molecule has 0 saturated heterocycles. The minimum Gasteiger partial charge on any atom is -0.385 e. The Kier molecular flexibility index (Phi) is 5.28. The Bertz CT molecular complexity index is 352. The third-order valence-corrected chi connectivity index (χ3v) is 2.56. The number of hydrogen-bond donors (Lipinski definition) is 1. The molecule has 0 spiro atoms. The van der Waals surface area contributed by atoms with E-state index in [0.29, 0.717) is 18.2 Å². The van der Waals surface area contributed by atoms with Crippen molar-refractivity contribution in [1.29, 1.82) is 0 Å². The summed E-state index contributed by atoms with van der Waals surface area (Å²) in [5.41, 5.74) is 0.800. The minimum atomic E-state index is -0.0704. The maximum Gasteiger partial charge on any atom is 0.241 e. The number of carbonyl (C=O) groups excluding carboxylic acids is 1. The molecular weight excluding hydrogens is 230 g/mol. The van der Waals surface area contributed by atoms with Gasteiger partial charge in [-0.25, -0.2) is 0 Å². The number of carbonyl (C=O) groups is 1. The third-order valence-electron chi connectivity index (χ3n) is 2.18. The first-order chi connectivity index (χ1) is 7.65. The molecule has 0 bridgehead atoms. The summed E-state index contributed by atoms with van der Waals surface area (Å²) in [5, 5.41) is 7.35. The monoisotopic (exact) mass is 245 g/mol. The lowest BCUT2D eigenvalue weighted by atomic mass is 10.4. The van der Waals surface area contributed by atoms with Crippen LogP contribution in [0.2, 0.25) is 5.02 Å². The second-order valence-electron chi connectivity index (χ2n) is 3.43. The number of methoxy groups -OCH3 is 1. The lowest BCUT2D eigenvalue weighted by Crippen LogP contribution is -2.29. The van der Waals surface area contributed by atoms with E-state index in [9.17, 15) is 4.79 Å². The van der Waals surface area contributed by atoms with E-state index < -0.39 is 0 Å². The SMILES string of the molecule is COCCCNC(=O)Cn1ncc(Cl)c1C. The summed E-state index contributed by atoms with van der Waals surface area (Å²) >= 11 is 5.83. The summed E-state index contributed by atoms with van der Waals surface area (Å²) in [4.78, 5) is 11.5. The van der Waals surface area contributed by atoms with Gasteiger partial charge in [0.25, 0.3) is 0 Å². The van der Waals surface area contributed by atoms with Crippen LogP contribution in [-0.4, -0.2) is 35.9 Å². The van der Waals surface area contributed by atoms with E-state index in [1.54, 1.807) is 11.8 Å². The van der Waals surface area contributed by atoms with Crippen LogP contribution >= 0.6 is 11.6 Å². The van der Waals surface area contributed by atoms with Crippen LogP contribution in [0.1, 0.15) is 12.1 Å². The number of halogens is 1. The fourth-order valence-corrected chi connectivity index (χ4v) is 1.36. The topological polar surface area (TPSA) is 56.1 Å². The van der Waals surface area contributed by atoms with Gasteiger partial charge >= 0.3 is 0 Å². The molecule has 1 amide bonds. The number of nitrogens with zero attached hydrogens (tertiary/aromatic N) is 2. The van der Waals surface area contributed by atoms with Gasteiger partial charge in [-0.05, 0) is 13.3 Å². The Morgan fingerprint density at radius 2 is 2.44 bits per heavy atom. The molecule has 1 N–H and O–H groups in total. The molecule has 0 saturated carbocycles. The van der Waals surface area contributed by atoms with Crippen LogP contribution in [0.3, 0.4) is 0 Å². The molecule has 0 radical (unpaired) electrons.